The molecule has 7 nitrogen and oxygen atoms in total. The van der Waals surface area contributed by atoms with Crippen LogP contribution in [0.3, 0.4) is 0 Å². The molecular formula is C14H12N6O. The molecule has 0 aliphatic heterocycles. The van der Waals surface area contributed by atoms with Crippen molar-refractivity contribution in [3.05, 3.63) is 48.2 Å². The molecule has 2 heterocycles. The highest BCUT2D eigenvalue weighted by atomic mass is 16.1. The number of aromatic amines is 1. The first kappa shape index (κ1) is 12.8. The summed E-state index contributed by atoms with van der Waals surface area (Å²) in [4.78, 5) is 26.4. The number of hydrogen-bond donors (Lipinski definition) is 3. The number of amides is 1. The maximum absolute atomic E-state index is 10.9. The van der Waals surface area contributed by atoms with E-state index in [2.05, 4.69) is 19.9 Å². The second-order valence-corrected chi connectivity index (χ2v) is 4.41. The second-order valence-electron chi connectivity index (χ2n) is 4.41. The van der Waals surface area contributed by atoms with Gasteiger partial charge in [-0.3, -0.25) is 4.79 Å². The van der Waals surface area contributed by atoms with Crippen molar-refractivity contribution in [1.82, 2.24) is 19.9 Å². The number of hydrogen-bond acceptors (Lipinski definition) is 5. The van der Waals surface area contributed by atoms with Crippen molar-refractivity contribution in [2.24, 2.45) is 11.5 Å². The Morgan fingerprint density at radius 3 is 2.57 bits per heavy atom. The molecule has 2 aromatic heterocycles. The lowest BCUT2D eigenvalue weighted by Gasteiger charge is -2.02. The standard InChI is InChI=1S/C14H12N6O/c15-10(13(16)21)5-8-1-3-9(4-2-8)11-12-14(19-6-17-11)20-7-18-12/h1-7H,15H2,(H2,16,21)(H,17,18,19,20)/b10-5-. The number of H-pyrrole nitrogens is 1. The van der Waals surface area contributed by atoms with E-state index in [1.165, 1.54) is 12.4 Å². The maximum atomic E-state index is 10.9. The zero-order chi connectivity index (χ0) is 14.8. The lowest BCUT2D eigenvalue weighted by Crippen LogP contribution is -2.19. The Hall–Kier alpha value is -3.22. The molecule has 104 valence electrons. The van der Waals surface area contributed by atoms with Gasteiger partial charge >= 0.3 is 0 Å². The zero-order valence-corrected chi connectivity index (χ0v) is 10.9. The summed E-state index contributed by atoms with van der Waals surface area (Å²) < 4.78 is 0. The van der Waals surface area contributed by atoms with Crippen LogP contribution in [0, 0.1) is 0 Å². The molecule has 0 saturated heterocycles. The Morgan fingerprint density at radius 2 is 1.86 bits per heavy atom. The Labute approximate surface area is 119 Å². The topological polar surface area (TPSA) is 124 Å². The normalized spacial score (nSPS) is 11.7. The number of carbonyl (C=O) groups excluding carboxylic acids is 1. The highest BCUT2D eigenvalue weighted by molar-refractivity contribution is 5.95. The molecule has 7 heteroatoms. The van der Waals surface area contributed by atoms with E-state index in [1.54, 1.807) is 6.33 Å². The Morgan fingerprint density at radius 1 is 1.10 bits per heavy atom. The van der Waals surface area contributed by atoms with E-state index in [1.807, 2.05) is 24.3 Å². The van der Waals surface area contributed by atoms with E-state index in [9.17, 15) is 4.79 Å². The summed E-state index contributed by atoms with van der Waals surface area (Å²) in [6.07, 6.45) is 4.58. The molecule has 5 N–H and O–H groups in total. The van der Waals surface area contributed by atoms with Crippen LogP contribution in [0.15, 0.2) is 42.6 Å². The molecule has 0 aliphatic rings. The van der Waals surface area contributed by atoms with Gasteiger partial charge in [0.2, 0.25) is 0 Å². The average Bonchev–Trinajstić information content (AvgIpc) is 2.96. The minimum absolute atomic E-state index is 0.0134. The van der Waals surface area contributed by atoms with E-state index < -0.39 is 5.91 Å². The number of rotatable bonds is 3. The summed E-state index contributed by atoms with van der Waals surface area (Å²) in [6, 6.07) is 7.39. The smallest absolute Gasteiger partial charge is 0.264 e. The number of imidazole rings is 1. The Kier molecular flexibility index (Phi) is 3.07. The number of nitrogens with zero attached hydrogens (tertiary/aromatic N) is 3. The third kappa shape index (κ3) is 2.44. The average molecular weight is 280 g/mol. The van der Waals surface area contributed by atoms with Crippen molar-refractivity contribution in [2.75, 3.05) is 0 Å². The molecule has 3 aromatic rings. The summed E-state index contributed by atoms with van der Waals surface area (Å²) in [7, 11) is 0. The minimum Gasteiger partial charge on any atom is -0.394 e. The predicted molar refractivity (Wildman–Crippen MR) is 78.5 cm³/mol. The third-order valence-corrected chi connectivity index (χ3v) is 3.01. The van der Waals surface area contributed by atoms with Crippen LogP contribution in [0.2, 0.25) is 0 Å². The summed E-state index contributed by atoms with van der Waals surface area (Å²) in [5.74, 6) is -0.645. The van der Waals surface area contributed by atoms with Crippen LogP contribution in [0.4, 0.5) is 0 Å². The largest absolute Gasteiger partial charge is 0.394 e. The zero-order valence-electron chi connectivity index (χ0n) is 10.9. The minimum atomic E-state index is -0.645. The molecule has 3 rings (SSSR count). The van der Waals surface area contributed by atoms with Crippen molar-refractivity contribution in [3.63, 3.8) is 0 Å². The fourth-order valence-corrected chi connectivity index (χ4v) is 1.96. The summed E-state index contributed by atoms with van der Waals surface area (Å²) in [5, 5.41) is 0. The molecule has 0 aliphatic carbocycles. The van der Waals surface area contributed by atoms with Crippen molar-refractivity contribution in [2.45, 2.75) is 0 Å². The summed E-state index contributed by atoms with van der Waals surface area (Å²) in [6.45, 7) is 0. The van der Waals surface area contributed by atoms with Crippen LogP contribution in [0.5, 0.6) is 0 Å². The number of primary amides is 1. The number of nitrogens with one attached hydrogen (secondary N) is 1. The van der Waals surface area contributed by atoms with Gasteiger partial charge in [0, 0.05) is 5.56 Å². The number of fused-ring (bicyclic) bond motifs is 1. The van der Waals surface area contributed by atoms with E-state index in [4.69, 9.17) is 11.5 Å². The lowest BCUT2D eigenvalue weighted by atomic mass is 10.1. The van der Waals surface area contributed by atoms with Gasteiger partial charge in [0.05, 0.1) is 12.0 Å². The monoisotopic (exact) mass is 280 g/mol. The van der Waals surface area contributed by atoms with Crippen LogP contribution in [-0.4, -0.2) is 25.8 Å². The second kappa shape index (κ2) is 5.04. The predicted octanol–water partition coefficient (Wildman–Crippen LogP) is 0.805. The number of nitrogens with two attached hydrogens (primary N) is 2. The number of benzene rings is 1. The van der Waals surface area contributed by atoms with Gasteiger partial charge in [-0.15, -0.1) is 0 Å². The Bertz CT molecular complexity index is 834. The molecule has 21 heavy (non-hydrogen) atoms. The van der Waals surface area contributed by atoms with Gasteiger partial charge in [-0.1, -0.05) is 24.3 Å². The van der Waals surface area contributed by atoms with Crippen LogP contribution in [0.1, 0.15) is 5.56 Å². The Balaban J connectivity index is 2.00. The molecule has 0 saturated carbocycles. The quantitative estimate of drug-likeness (QED) is 0.612. The molecule has 1 amide bonds. The van der Waals surface area contributed by atoms with Gasteiger partial charge in [0.25, 0.3) is 5.91 Å². The van der Waals surface area contributed by atoms with Gasteiger partial charge in [-0.25, -0.2) is 15.0 Å². The first-order chi connectivity index (χ1) is 10.1. The number of aromatic nitrogens is 4. The van der Waals surface area contributed by atoms with Gasteiger partial charge in [-0.2, -0.15) is 0 Å². The van der Waals surface area contributed by atoms with E-state index >= 15 is 0 Å². The van der Waals surface area contributed by atoms with Gasteiger partial charge in [-0.05, 0) is 11.6 Å². The molecule has 0 radical (unpaired) electrons. The highest BCUT2D eigenvalue weighted by Crippen LogP contribution is 2.23. The first-order valence-corrected chi connectivity index (χ1v) is 6.16. The molecular weight excluding hydrogens is 268 g/mol. The van der Waals surface area contributed by atoms with Gasteiger partial charge < -0.3 is 16.5 Å². The van der Waals surface area contributed by atoms with Crippen LogP contribution in [0.25, 0.3) is 28.5 Å². The van der Waals surface area contributed by atoms with Crippen molar-refractivity contribution in [3.8, 4) is 11.3 Å². The maximum Gasteiger partial charge on any atom is 0.264 e. The van der Waals surface area contributed by atoms with E-state index in [0.717, 1.165) is 16.8 Å². The fraction of sp³-hybridized carbons (Fsp3) is 0. The molecule has 0 spiro atoms. The third-order valence-electron chi connectivity index (χ3n) is 3.01. The van der Waals surface area contributed by atoms with Crippen LogP contribution in [-0.2, 0) is 4.79 Å². The molecule has 0 unspecified atom stereocenters. The van der Waals surface area contributed by atoms with Crippen molar-refractivity contribution >= 4 is 23.1 Å². The molecule has 0 fully saturated rings. The first-order valence-electron chi connectivity index (χ1n) is 6.16. The van der Waals surface area contributed by atoms with Crippen LogP contribution < -0.4 is 11.5 Å². The van der Waals surface area contributed by atoms with Crippen molar-refractivity contribution in [1.29, 1.82) is 0 Å². The summed E-state index contributed by atoms with van der Waals surface area (Å²) in [5.41, 5.74) is 14.4. The van der Waals surface area contributed by atoms with Gasteiger partial charge in [0.1, 0.15) is 17.5 Å². The fourth-order valence-electron chi connectivity index (χ4n) is 1.96. The molecule has 1 aromatic carbocycles. The lowest BCUT2D eigenvalue weighted by molar-refractivity contribution is -0.114. The van der Waals surface area contributed by atoms with E-state index in [-0.39, 0.29) is 5.70 Å². The molecule has 0 bridgehead atoms. The van der Waals surface area contributed by atoms with Crippen LogP contribution >= 0.6 is 0 Å². The number of carbonyl (C=O) groups is 1. The van der Waals surface area contributed by atoms with E-state index in [0.29, 0.717) is 11.2 Å². The summed E-state index contributed by atoms with van der Waals surface area (Å²) >= 11 is 0. The highest BCUT2D eigenvalue weighted by Gasteiger charge is 2.08. The van der Waals surface area contributed by atoms with Gasteiger partial charge in [0.15, 0.2) is 5.65 Å². The van der Waals surface area contributed by atoms with Crippen molar-refractivity contribution < 1.29 is 4.79 Å². The SMILES string of the molecule is NC(=O)/C(N)=C/c1ccc(-c2ncnc3[nH]cnc23)cc1. The molecule has 0 atom stereocenters.